The van der Waals surface area contributed by atoms with Gasteiger partial charge < -0.3 is 0 Å². The molecule has 0 saturated carbocycles. The highest BCUT2D eigenvalue weighted by Gasteiger charge is 2.41. The summed E-state index contributed by atoms with van der Waals surface area (Å²) in [5.41, 5.74) is 1.98. The Morgan fingerprint density at radius 3 is 1.67 bits per heavy atom. The van der Waals surface area contributed by atoms with Crippen LogP contribution in [-0.2, 0) is 9.84 Å². The van der Waals surface area contributed by atoms with Crippen LogP contribution in [0.2, 0.25) is 0 Å². The summed E-state index contributed by atoms with van der Waals surface area (Å²) >= 11 is 0. The van der Waals surface area contributed by atoms with Crippen molar-refractivity contribution in [3.05, 3.63) is 36.5 Å². The average molecular weight is 226 g/mol. The number of hydrogen-bond donors (Lipinski definition) is 0. The third-order valence-electron chi connectivity index (χ3n) is 3.14. The van der Waals surface area contributed by atoms with E-state index in [9.17, 15) is 8.42 Å². The molecule has 0 fully saturated rings. The van der Waals surface area contributed by atoms with E-state index < -0.39 is 9.84 Å². The zero-order chi connectivity index (χ0) is 11.6. The Balaban J connectivity index is 3.15. The molecule has 2 nitrogen and oxygen atoms in total. The molecule has 0 spiro atoms. The van der Waals surface area contributed by atoms with Crippen molar-refractivity contribution in [1.82, 2.24) is 0 Å². The molecule has 1 aliphatic rings. The molecule has 84 valence electrons. The van der Waals surface area contributed by atoms with E-state index in [0.717, 1.165) is 11.1 Å². The molecule has 0 aromatic carbocycles. The number of hydrogen-bond acceptors (Lipinski definition) is 2. The van der Waals surface area contributed by atoms with Crippen molar-refractivity contribution in [2.24, 2.45) is 0 Å². The highest BCUT2D eigenvalue weighted by molar-refractivity contribution is 7.93. The first-order valence-electron chi connectivity index (χ1n) is 5.08. The second-order valence-corrected chi connectivity index (χ2v) is 6.30. The van der Waals surface area contributed by atoms with Crippen molar-refractivity contribution in [3.8, 4) is 0 Å². The lowest BCUT2D eigenvalue weighted by Crippen LogP contribution is -2.25. The lowest BCUT2D eigenvalue weighted by molar-refractivity contribution is 0.583. The fourth-order valence-corrected chi connectivity index (χ4v) is 4.69. The Hall–Kier alpha value is -0.830. The molecule has 1 rings (SSSR count). The van der Waals surface area contributed by atoms with Crippen molar-refractivity contribution < 1.29 is 8.42 Å². The van der Waals surface area contributed by atoms with Crippen LogP contribution in [0.15, 0.2) is 36.5 Å². The largest absolute Gasteiger partial charge is 0.228 e. The lowest BCUT2D eigenvalue weighted by atomic mass is 10.0. The maximum absolute atomic E-state index is 12.2. The Kier molecular flexibility index (Phi) is 3.55. The first kappa shape index (κ1) is 12.2. The summed E-state index contributed by atoms with van der Waals surface area (Å²) < 4.78 is 24.3. The van der Waals surface area contributed by atoms with E-state index in [1.54, 1.807) is 12.2 Å². The van der Waals surface area contributed by atoms with E-state index in [2.05, 4.69) is 13.2 Å². The number of sulfone groups is 1. The smallest absolute Gasteiger partial charge is 0.164 e. The van der Waals surface area contributed by atoms with E-state index in [0.29, 0.717) is 12.8 Å². The third-order valence-corrected chi connectivity index (χ3v) is 5.82. The van der Waals surface area contributed by atoms with Gasteiger partial charge in [0.15, 0.2) is 9.84 Å². The predicted octanol–water partition coefficient (Wildman–Crippen LogP) is 2.64. The maximum atomic E-state index is 12.2. The van der Waals surface area contributed by atoms with Gasteiger partial charge in [0, 0.05) is 0 Å². The molecule has 0 radical (unpaired) electrons. The molecule has 3 heteroatoms. The zero-order valence-electron chi connectivity index (χ0n) is 9.36. The van der Waals surface area contributed by atoms with E-state index in [1.165, 1.54) is 0 Å². The number of allylic oxidation sites excluding steroid dienone is 2. The van der Waals surface area contributed by atoms with Gasteiger partial charge in [-0.2, -0.15) is 0 Å². The van der Waals surface area contributed by atoms with Crippen molar-refractivity contribution in [1.29, 1.82) is 0 Å². The topological polar surface area (TPSA) is 34.1 Å². The molecule has 2 unspecified atom stereocenters. The van der Waals surface area contributed by atoms with Crippen LogP contribution in [0, 0.1) is 0 Å². The van der Waals surface area contributed by atoms with Gasteiger partial charge in [0.1, 0.15) is 0 Å². The Labute approximate surface area is 92.3 Å². The van der Waals surface area contributed by atoms with Crippen molar-refractivity contribution in [2.75, 3.05) is 0 Å². The first-order chi connectivity index (χ1) is 6.96. The quantitative estimate of drug-likeness (QED) is 0.691. The zero-order valence-corrected chi connectivity index (χ0v) is 10.2. The molecule has 0 N–H and O–H groups in total. The maximum Gasteiger partial charge on any atom is 0.164 e. The molecule has 0 saturated heterocycles. The third kappa shape index (κ3) is 1.93. The molecule has 0 amide bonds. The molecule has 0 bridgehead atoms. The van der Waals surface area contributed by atoms with Gasteiger partial charge in [-0.25, -0.2) is 8.42 Å². The molecule has 1 heterocycles. The molecular formula is C12H18O2S. The van der Waals surface area contributed by atoms with Crippen LogP contribution in [0.3, 0.4) is 0 Å². The van der Waals surface area contributed by atoms with Gasteiger partial charge in [0.25, 0.3) is 0 Å². The second-order valence-electron chi connectivity index (χ2n) is 3.98. The van der Waals surface area contributed by atoms with Gasteiger partial charge in [0.05, 0.1) is 10.5 Å². The van der Waals surface area contributed by atoms with Crippen LogP contribution >= 0.6 is 0 Å². The molecular weight excluding hydrogens is 208 g/mol. The van der Waals surface area contributed by atoms with Crippen molar-refractivity contribution >= 4 is 9.84 Å². The van der Waals surface area contributed by atoms with Crippen LogP contribution in [0.5, 0.6) is 0 Å². The van der Waals surface area contributed by atoms with E-state index in [-0.39, 0.29) is 10.5 Å². The fraction of sp³-hybridized carbons (Fsp3) is 0.500. The molecule has 1 aliphatic heterocycles. The lowest BCUT2D eigenvalue weighted by Gasteiger charge is -2.13. The van der Waals surface area contributed by atoms with Gasteiger partial charge in [-0.15, -0.1) is 13.2 Å². The molecule has 2 atom stereocenters. The minimum atomic E-state index is -3.07. The van der Waals surface area contributed by atoms with Crippen LogP contribution in [0.1, 0.15) is 26.7 Å². The minimum Gasteiger partial charge on any atom is -0.228 e. The van der Waals surface area contributed by atoms with Crippen molar-refractivity contribution in [3.63, 3.8) is 0 Å². The van der Waals surface area contributed by atoms with Gasteiger partial charge in [0.2, 0.25) is 0 Å². The molecule has 15 heavy (non-hydrogen) atoms. The summed E-state index contributed by atoms with van der Waals surface area (Å²) in [5, 5.41) is -0.722. The highest BCUT2D eigenvalue weighted by atomic mass is 32.2. The molecule has 0 aliphatic carbocycles. The summed E-state index contributed by atoms with van der Waals surface area (Å²) in [6.45, 7) is 11.0. The van der Waals surface area contributed by atoms with Crippen molar-refractivity contribution in [2.45, 2.75) is 37.2 Å². The summed E-state index contributed by atoms with van der Waals surface area (Å²) in [4.78, 5) is 0. The summed E-state index contributed by atoms with van der Waals surface area (Å²) in [7, 11) is -3.07. The monoisotopic (exact) mass is 226 g/mol. The second kappa shape index (κ2) is 4.35. The predicted molar refractivity (Wildman–Crippen MR) is 64.5 cm³/mol. The van der Waals surface area contributed by atoms with Crippen LogP contribution in [-0.4, -0.2) is 18.9 Å². The van der Waals surface area contributed by atoms with E-state index in [4.69, 9.17) is 0 Å². The highest BCUT2D eigenvalue weighted by Crippen LogP contribution is 2.36. The van der Waals surface area contributed by atoms with Crippen LogP contribution in [0.25, 0.3) is 0 Å². The first-order valence-corrected chi connectivity index (χ1v) is 6.69. The number of rotatable bonds is 4. The Morgan fingerprint density at radius 1 is 1.07 bits per heavy atom. The van der Waals surface area contributed by atoms with E-state index in [1.807, 2.05) is 13.8 Å². The van der Waals surface area contributed by atoms with Crippen LogP contribution in [0.4, 0.5) is 0 Å². The van der Waals surface area contributed by atoms with Gasteiger partial charge in [-0.3, -0.25) is 0 Å². The molecule has 0 aromatic heterocycles. The van der Waals surface area contributed by atoms with Gasteiger partial charge >= 0.3 is 0 Å². The molecule has 0 aromatic rings. The Morgan fingerprint density at radius 2 is 1.40 bits per heavy atom. The summed E-state index contributed by atoms with van der Waals surface area (Å²) in [6, 6.07) is 0. The SMILES string of the molecule is C=CCC1C(C)=C(C)C(CC=C)S1(=O)=O. The standard InChI is InChI=1S/C12H18O2S/c1-5-7-11-9(3)10(4)12(8-6-2)15(11,13)14/h5-6,11-12H,1-2,7-8H2,3-4H3. The fourth-order valence-electron chi connectivity index (χ4n) is 2.12. The van der Waals surface area contributed by atoms with E-state index >= 15 is 0 Å². The van der Waals surface area contributed by atoms with Crippen LogP contribution < -0.4 is 0 Å². The summed E-state index contributed by atoms with van der Waals surface area (Å²) in [5.74, 6) is 0. The Bertz CT molecular complexity index is 369. The normalized spacial score (nSPS) is 29.2. The van der Waals surface area contributed by atoms with Gasteiger partial charge in [-0.05, 0) is 26.7 Å². The average Bonchev–Trinajstić information content (AvgIpc) is 2.32. The van der Waals surface area contributed by atoms with Gasteiger partial charge in [-0.1, -0.05) is 23.3 Å². The summed E-state index contributed by atoms with van der Waals surface area (Å²) in [6.07, 6.45) is 4.38. The minimum absolute atomic E-state index is 0.361.